The summed E-state index contributed by atoms with van der Waals surface area (Å²) >= 11 is 12.2. The Morgan fingerprint density at radius 3 is 1.42 bits per heavy atom. The fourth-order valence-electron chi connectivity index (χ4n) is 8.05. The van der Waals surface area contributed by atoms with Crippen molar-refractivity contribution in [1.82, 2.24) is 28.9 Å². The van der Waals surface area contributed by atoms with E-state index in [9.17, 15) is 9.59 Å². The van der Waals surface area contributed by atoms with Crippen LogP contribution in [0.25, 0.3) is 21.8 Å². The first kappa shape index (κ1) is 38.5. The van der Waals surface area contributed by atoms with E-state index < -0.39 is 0 Å². The van der Waals surface area contributed by atoms with Crippen LogP contribution in [0.3, 0.4) is 0 Å². The summed E-state index contributed by atoms with van der Waals surface area (Å²) in [6.45, 7) is 18.7. The number of aromatic nitrogens is 4. The molecule has 4 aromatic rings. The van der Waals surface area contributed by atoms with Gasteiger partial charge in [-0.1, -0.05) is 63.7 Å². The molecule has 0 N–H and O–H groups in total. The Hall–Kier alpha value is -2.78. The fourth-order valence-corrected chi connectivity index (χ4v) is 8.40. The number of halogens is 2. The van der Waals surface area contributed by atoms with Crippen molar-refractivity contribution in [3.8, 4) is 0 Å². The number of piperidine rings is 2. The van der Waals surface area contributed by atoms with Gasteiger partial charge in [0.15, 0.2) is 0 Å². The van der Waals surface area contributed by atoms with Crippen LogP contribution >= 0.6 is 23.2 Å². The van der Waals surface area contributed by atoms with Crippen molar-refractivity contribution in [3.63, 3.8) is 0 Å². The molecule has 0 saturated carbocycles. The highest BCUT2D eigenvalue weighted by atomic mass is 35.5. The monoisotopic (exact) mass is 722 g/mol. The third kappa shape index (κ3) is 8.63. The molecule has 0 amide bonds. The van der Waals surface area contributed by atoms with Gasteiger partial charge in [-0.25, -0.2) is 9.97 Å². The van der Waals surface area contributed by atoms with Gasteiger partial charge in [-0.3, -0.25) is 28.5 Å². The summed E-state index contributed by atoms with van der Waals surface area (Å²) in [5.74, 6) is 3.24. The molecule has 6 rings (SSSR count). The largest absolute Gasteiger partial charge is 0.295 e. The Labute approximate surface area is 307 Å². The maximum absolute atomic E-state index is 13.0. The van der Waals surface area contributed by atoms with Gasteiger partial charge in [-0.2, -0.15) is 0 Å². The summed E-state index contributed by atoms with van der Waals surface area (Å²) in [7, 11) is 0. The van der Waals surface area contributed by atoms with Crippen LogP contribution in [0.1, 0.15) is 117 Å². The highest BCUT2D eigenvalue weighted by Gasteiger charge is 2.30. The average Bonchev–Trinajstić information content (AvgIpc) is 3.10. The molecule has 10 heteroatoms. The van der Waals surface area contributed by atoms with Crippen LogP contribution < -0.4 is 11.1 Å². The van der Waals surface area contributed by atoms with E-state index >= 15 is 0 Å². The summed E-state index contributed by atoms with van der Waals surface area (Å²) in [4.78, 5) is 41.0. The first-order chi connectivity index (χ1) is 24.1. The lowest BCUT2D eigenvalue weighted by Gasteiger charge is -2.37. The zero-order chi connectivity index (χ0) is 35.9. The predicted molar refractivity (Wildman–Crippen MR) is 209 cm³/mol. The molecule has 50 heavy (non-hydrogen) atoms. The minimum absolute atomic E-state index is 0.0242. The molecule has 4 heterocycles. The number of rotatable bonds is 10. The molecule has 8 nitrogen and oxygen atoms in total. The molecule has 2 aliphatic rings. The highest BCUT2D eigenvalue weighted by molar-refractivity contribution is 6.31. The van der Waals surface area contributed by atoms with Crippen LogP contribution in [0.5, 0.6) is 0 Å². The summed E-state index contributed by atoms with van der Waals surface area (Å²) in [5, 5.41) is 2.38. The van der Waals surface area contributed by atoms with Gasteiger partial charge in [-0.15, -0.1) is 0 Å². The molecule has 2 aromatic heterocycles. The van der Waals surface area contributed by atoms with E-state index in [1.54, 1.807) is 12.1 Å². The van der Waals surface area contributed by atoms with E-state index in [4.69, 9.17) is 33.2 Å². The number of likely N-dealkylation sites (tertiary alicyclic amines) is 2. The number of hydrogen-bond donors (Lipinski definition) is 0. The molecule has 0 spiro atoms. The van der Waals surface area contributed by atoms with Gasteiger partial charge in [0.05, 0.1) is 33.9 Å². The quantitative estimate of drug-likeness (QED) is 0.162. The number of hydrogen-bond acceptors (Lipinski definition) is 6. The van der Waals surface area contributed by atoms with E-state index in [1.807, 2.05) is 47.2 Å². The molecule has 2 saturated heterocycles. The highest BCUT2D eigenvalue weighted by Crippen LogP contribution is 2.32. The fraction of sp³-hybridized carbons (Fsp3) is 0.600. The zero-order valence-electron chi connectivity index (χ0n) is 30.9. The molecule has 0 bridgehead atoms. The van der Waals surface area contributed by atoms with Crippen molar-refractivity contribution in [3.05, 3.63) is 78.8 Å². The van der Waals surface area contributed by atoms with Crippen LogP contribution in [-0.4, -0.2) is 55.1 Å². The second kappa shape index (κ2) is 17.6. The topological polar surface area (TPSA) is 76.3 Å². The molecule has 2 fully saturated rings. The van der Waals surface area contributed by atoms with E-state index in [1.165, 1.54) is 25.7 Å². The molecule has 0 radical (unpaired) electrons. The molecular weight excluding hydrogens is 667 g/mol. The number of fused-ring (bicyclic) bond motifs is 2. The van der Waals surface area contributed by atoms with Crippen LogP contribution in [0.15, 0.2) is 46.0 Å². The van der Waals surface area contributed by atoms with Crippen molar-refractivity contribution in [2.45, 2.75) is 118 Å². The van der Waals surface area contributed by atoms with Crippen LogP contribution in [0, 0.1) is 11.8 Å². The SMILES string of the molecule is CCC[C@@H](c1nc2ccc(Cl)cc2c(=O)n1CC)N1CCC[C@H](C)C1.CCC[C@H](c1nc2ccc(Cl)cc2c(=O)n1CC)N1CCC[C@H](C)C1. The van der Waals surface area contributed by atoms with Gasteiger partial charge in [0, 0.05) is 36.2 Å². The van der Waals surface area contributed by atoms with Gasteiger partial charge in [-0.05, 0) is 114 Å². The summed E-state index contributed by atoms with van der Waals surface area (Å²) < 4.78 is 3.69. The van der Waals surface area contributed by atoms with Crippen molar-refractivity contribution in [2.24, 2.45) is 11.8 Å². The predicted octanol–water partition coefficient (Wildman–Crippen LogP) is 9.29. The third-order valence-corrected chi connectivity index (χ3v) is 11.0. The second-order valence-corrected chi connectivity index (χ2v) is 15.3. The standard InChI is InChI=1S/2C20H28ClN3O/c2*1-4-7-18(23-11-6-8-14(3)13-23)19-22-17-10-9-15(21)12-16(17)20(25)24(19)5-2/h2*9-10,12,14,18H,4-8,11,13H2,1-3H3/t14-,18+;14-,18-/m00/s1. The first-order valence-electron chi connectivity index (χ1n) is 19.0. The van der Waals surface area contributed by atoms with Crippen molar-refractivity contribution in [1.29, 1.82) is 0 Å². The Morgan fingerprint density at radius 1 is 0.680 bits per heavy atom. The van der Waals surface area contributed by atoms with Crippen molar-refractivity contribution >= 4 is 45.0 Å². The number of nitrogens with zero attached hydrogens (tertiary/aromatic N) is 6. The minimum Gasteiger partial charge on any atom is -0.295 e. The summed E-state index contributed by atoms with van der Waals surface area (Å²) in [6.07, 6.45) is 9.24. The molecule has 2 aromatic carbocycles. The van der Waals surface area contributed by atoms with Crippen LogP contribution in [0.4, 0.5) is 0 Å². The van der Waals surface area contributed by atoms with Crippen LogP contribution in [-0.2, 0) is 13.1 Å². The Bertz CT molecular complexity index is 1740. The van der Waals surface area contributed by atoms with Gasteiger partial charge in [0.1, 0.15) is 11.6 Å². The minimum atomic E-state index is 0.0242. The van der Waals surface area contributed by atoms with E-state index in [0.29, 0.717) is 45.7 Å². The van der Waals surface area contributed by atoms with Gasteiger partial charge in [0.2, 0.25) is 0 Å². The lowest BCUT2D eigenvalue weighted by atomic mass is 9.97. The smallest absolute Gasteiger partial charge is 0.261 e. The van der Waals surface area contributed by atoms with Gasteiger partial charge in [0.25, 0.3) is 11.1 Å². The lowest BCUT2D eigenvalue weighted by Crippen LogP contribution is -2.40. The first-order valence-corrected chi connectivity index (χ1v) is 19.7. The second-order valence-electron chi connectivity index (χ2n) is 14.5. The molecule has 4 atom stereocenters. The van der Waals surface area contributed by atoms with Crippen molar-refractivity contribution in [2.75, 3.05) is 26.2 Å². The maximum atomic E-state index is 13.0. The van der Waals surface area contributed by atoms with Crippen LogP contribution in [0.2, 0.25) is 10.0 Å². The van der Waals surface area contributed by atoms with E-state index in [-0.39, 0.29) is 23.2 Å². The molecule has 2 aliphatic heterocycles. The normalized spacial score (nSPS) is 20.1. The lowest BCUT2D eigenvalue weighted by molar-refractivity contribution is 0.115. The summed E-state index contributed by atoms with van der Waals surface area (Å²) in [5.41, 5.74) is 1.55. The summed E-state index contributed by atoms with van der Waals surface area (Å²) in [6, 6.07) is 11.2. The van der Waals surface area contributed by atoms with Gasteiger partial charge >= 0.3 is 0 Å². The Balaban J connectivity index is 0.000000194. The maximum Gasteiger partial charge on any atom is 0.261 e. The Morgan fingerprint density at radius 2 is 1.08 bits per heavy atom. The molecule has 0 unspecified atom stereocenters. The number of benzene rings is 2. The van der Waals surface area contributed by atoms with E-state index in [0.717, 1.165) is 74.5 Å². The molecule has 272 valence electrons. The average molecular weight is 724 g/mol. The van der Waals surface area contributed by atoms with Gasteiger partial charge < -0.3 is 0 Å². The van der Waals surface area contributed by atoms with Crippen molar-refractivity contribution < 1.29 is 0 Å². The molecular formula is C40H56Cl2N6O2. The zero-order valence-corrected chi connectivity index (χ0v) is 32.4. The molecule has 0 aliphatic carbocycles. The third-order valence-electron chi connectivity index (χ3n) is 10.5. The Kier molecular flexibility index (Phi) is 13.6. The van der Waals surface area contributed by atoms with E-state index in [2.05, 4.69) is 37.5 Å².